The normalized spacial score (nSPS) is 11.2. The van der Waals surface area contributed by atoms with E-state index in [2.05, 4.69) is 50.3 Å². The van der Waals surface area contributed by atoms with Crippen molar-refractivity contribution >= 4 is 6.08 Å². The number of hydrogen-bond donors (Lipinski definition) is 0. The van der Waals surface area contributed by atoms with Gasteiger partial charge >= 0.3 is 0 Å². The molecule has 1 heteroatoms. The van der Waals surface area contributed by atoms with Crippen LogP contribution in [-0.2, 0) is 6.42 Å². The third kappa shape index (κ3) is 4.06. The number of hydrogen-bond acceptors (Lipinski definition) is 0. The van der Waals surface area contributed by atoms with E-state index < -0.39 is 0 Å². The standard InChI is InChI=1S/C24H23F/c1-3-5-6-19-9-13-21(14-10-19)23-16-15-22(17-24(23)25)20-11-7-18(4-2)8-12-20/h5-17H,3-4H2,1-2H3/b6-5+. The Balaban J connectivity index is 1.87. The number of halogens is 1. The minimum absolute atomic E-state index is 0.186. The van der Waals surface area contributed by atoms with E-state index in [0.29, 0.717) is 5.56 Å². The molecule has 0 atom stereocenters. The third-order valence-corrected chi connectivity index (χ3v) is 4.43. The molecule has 0 amide bonds. The fourth-order valence-corrected chi connectivity index (χ4v) is 2.89. The summed E-state index contributed by atoms with van der Waals surface area (Å²) in [6.45, 7) is 4.24. The van der Waals surface area contributed by atoms with E-state index in [1.54, 1.807) is 6.07 Å². The van der Waals surface area contributed by atoms with Gasteiger partial charge in [-0.2, -0.15) is 0 Å². The number of benzene rings is 3. The molecule has 0 aliphatic heterocycles. The lowest BCUT2D eigenvalue weighted by Gasteiger charge is -2.08. The van der Waals surface area contributed by atoms with Crippen LogP contribution < -0.4 is 0 Å². The van der Waals surface area contributed by atoms with Crippen LogP contribution >= 0.6 is 0 Å². The molecule has 0 aliphatic rings. The van der Waals surface area contributed by atoms with Gasteiger partial charge in [0.1, 0.15) is 5.82 Å². The monoisotopic (exact) mass is 330 g/mol. The summed E-state index contributed by atoms with van der Waals surface area (Å²) in [7, 11) is 0. The van der Waals surface area contributed by atoms with Crippen LogP contribution in [0.3, 0.4) is 0 Å². The largest absolute Gasteiger partial charge is 0.206 e. The summed E-state index contributed by atoms with van der Waals surface area (Å²) in [5, 5.41) is 0. The lowest BCUT2D eigenvalue weighted by atomic mass is 9.98. The maximum absolute atomic E-state index is 14.7. The van der Waals surface area contributed by atoms with Crippen molar-refractivity contribution in [3.63, 3.8) is 0 Å². The Bertz CT molecular complexity index is 856. The van der Waals surface area contributed by atoms with E-state index >= 15 is 0 Å². The second kappa shape index (κ2) is 7.94. The Labute approximate surface area is 149 Å². The van der Waals surface area contributed by atoms with Gasteiger partial charge < -0.3 is 0 Å². The van der Waals surface area contributed by atoms with Crippen molar-refractivity contribution < 1.29 is 4.39 Å². The molecule has 0 nitrogen and oxygen atoms in total. The van der Waals surface area contributed by atoms with Gasteiger partial charge in [-0.05, 0) is 46.7 Å². The van der Waals surface area contributed by atoms with E-state index in [1.165, 1.54) is 5.56 Å². The second-order valence-corrected chi connectivity index (χ2v) is 6.18. The molecule has 0 N–H and O–H groups in total. The lowest BCUT2D eigenvalue weighted by Crippen LogP contribution is -1.87. The molecule has 3 aromatic rings. The zero-order valence-corrected chi connectivity index (χ0v) is 14.8. The molecule has 0 radical (unpaired) electrons. The van der Waals surface area contributed by atoms with Gasteiger partial charge in [0.05, 0.1) is 0 Å². The molecule has 3 aromatic carbocycles. The Morgan fingerprint density at radius 2 is 1.40 bits per heavy atom. The topological polar surface area (TPSA) is 0 Å². The zero-order chi connectivity index (χ0) is 17.6. The highest BCUT2D eigenvalue weighted by molar-refractivity contribution is 5.72. The van der Waals surface area contributed by atoms with Gasteiger partial charge in [0.2, 0.25) is 0 Å². The van der Waals surface area contributed by atoms with Gasteiger partial charge in [0.25, 0.3) is 0 Å². The smallest absolute Gasteiger partial charge is 0.131 e. The molecular formula is C24H23F. The predicted molar refractivity (Wildman–Crippen MR) is 106 cm³/mol. The average molecular weight is 330 g/mol. The van der Waals surface area contributed by atoms with Gasteiger partial charge in [0, 0.05) is 5.56 Å². The second-order valence-electron chi connectivity index (χ2n) is 6.18. The van der Waals surface area contributed by atoms with Crippen LogP contribution in [0.15, 0.2) is 72.8 Å². The van der Waals surface area contributed by atoms with Crippen molar-refractivity contribution in [2.45, 2.75) is 26.7 Å². The highest BCUT2D eigenvalue weighted by Crippen LogP contribution is 2.28. The summed E-state index contributed by atoms with van der Waals surface area (Å²) in [5.41, 5.74) is 5.92. The molecule has 0 aromatic heterocycles. The van der Waals surface area contributed by atoms with Gasteiger partial charge in [-0.25, -0.2) is 4.39 Å². The Morgan fingerprint density at radius 1 is 0.760 bits per heavy atom. The quantitative estimate of drug-likeness (QED) is 0.466. The van der Waals surface area contributed by atoms with E-state index in [4.69, 9.17) is 0 Å². The molecule has 0 bridgehead atoms. The molecule has 0 aliphatic carbocycles. The summed E-state index contributed by atoms with van der Waals surface area (Å²) in [6.07, 6.45) is 6.23. The Hall–Kier alpha value is -2.67. The van der Waals surface area contributed by atoms with Crippen molar-refractivity contribution in [3.8, 4) is 22.3 Å². The number of allylic oxidation sites excluding steroid dienone is 1. The van der Waals surface area contributed by atoms with E-state index in [-0.39, 0.29) is 5.82 Å². The minimum Gasteiger partial charge on any atom is -0.206 e. The van der Waals surface area contributed by atoms with Crippen LogP contribution in [0.2, 0.25) is 0 Å². The fourth-order valence-electron chi connectivity index (χ4n) is 2.89. The Morgan fingerprint density at radius 3 is 2.00 bits per heavy atom. The average Bonchev–Trinajstić information content (AvgIpc) is 2.67. The van der Waals surface area contributed by atoms with E-state index in [9.17, 15) is 4.39 Å². The first-order valence-electron chi connectivity index (χ1n) is 8.87. The summed E-state index contributed by atoms with van der Waals surface area (Å²) < 4.78 is 14.7. The highest BCUT2D eigenvalue weighted by Gasteiger charge is 2.07. The number of aryl methyl sites for hydroxylation is 1. The summed E-state index contributed by atoms with van der Waals surface area (Å²) in [6, 6.07) is 21.8. The lowest BCUT2D eigenvalue weighted by molar-refractivity contribution is 0.632. The molecule has 0 saturated carbocycles. The van der Waals surface area contributed by atoms with Crippen LogP contribution in [0.5, 0.6) is 0 Å². The summed E-state index contributed by atoms with van der Waals surface area (Å²) in [5.74, 6) is -0.186. The van der Waals surface area contributed by atoms with Crippen LogP contribution in [0.1, 0.15) is 31.4 Å². The molecule has 0 spiro atoms. The van der Waals surface area contributed by atoms with Gasteiger partial charge in [-0.3, -0.25) is 0 Å². The minimum atomic E-state index is -0.186. The van der Waals surface area contributed by atoms with E-state index in [0.717, 1.165) is 35.1 Å². The number of rotatable bonds is 5. The van der Waals surface area contributed by atoms with Crippen molar-refractivity contribution in [2.24, 2.45) is 0 Å². The van der Waals surface area contributed by atoms with Crippen molar-refractivity contribution in [1.82, 2.24) is 0 Å². The van der Waals surface area contributed by atoms with E-state index in [1.807, 2.05) is 36.4 Å². The van der Waals surface area contributed by atoms with Crippen LogP contribution in [-0.4, -0.2) is 0 Å². The maximum atomic E-state index is 14.7. The first kappa shape index (κ1) is 17.2. The van der Waals surface area contributed by atoms with Crippen molar-refractivity contribution in [2.75, 3.05) is 0 Å². The molecule has 0 unspecified atom stereocenters. The molecule has 25 heavy (non-hydrogen) atoms. The van der Waals surface area contributed by atoms with Crippen LogP contribution in [0.4, 0.5) is 4.39 Å². The van der Waals surface area contributed by atoms with Gasteiger partial charge in [0.15, 0.2) is 0 Å². The van der Waals surface area contributed by atoms with Crippen LogP contribution in [0, 0.1) is 5.82 Å². The fraction of sp³-hybridized carbons (Fsp3) is 0.167. The molecule has 126 valence electrons. The first-order valence-corrected chi connectivity index (χ1v) is 8.87. The van der Waals surface area contributed by atoms with Crippen LogP contribution in [0.25, 0.3) is 28.3 Å². The SMILES string of the molecule is CC/C=C/c1ccc(-c2ccc(-c3ccc(CC)cc3)cc2F)cc1. The highest BCUT2D eigenvalue weighted by atomic mass is 19.1. The molecule has 3 rings (SSSR count). The molecule has 0 fully saturated rings. The Kier molecular flexibility index (Phi) is 5.45. The molecule has 0 saturated heterocycles. The van der Waals surface area contributed by atoms with Crippen molar-refractivity contribution in [1.29, 1.82) is 0 Å². The van der Waals surface area contributed by atoms with Gasteiger partial charge in [-0.1, -0.05) is 86.7 Å². The predicted octanol–water partition coefficient (Wildman–Crippen LogP) is 7.15. The zero-order valence-electron chi connectivity index (χ0n) is 14.8. The molecular weight excluding hydrogens is 307 g/mol. The third-order valence-electron chi connectivity index (χ3n) is 4.43. The summed E-state index contributed by atoms with van der Waals surface area (Å²) >= 11 is 0. The first-order chi connectivity index (χ1) is 12.2. The maximum Gasteiger partial charge on any atom is 0.131 e. The van der Waals surface area contributed by atoms with Gasteiger partial charge in [-0.15, -0.1) is 0 Å². The van der Waals surface area contributed by atoms with Crippen molar-refractivity contribution in [3.05, 3.63) is 89.8 Å². The molecule has 0 heterocycles. The summed E-state index contributed by atoms with van der Waals surface area (Å²) in [4.78, 5) is 0.